The number of nitrogens with two attached hydrogens (primary N) is 1. The summed E-state index contributed by atoms with van der Waals surface area (Å²) in [7, 11) is 0. The van der Waals surface area contributed by atoms with Crippen LogP contribution in [-0.4, -0.2) is 46.4 Å². The molecule has 3 N–H and O–H groups in total. The van der Waals surface area contributed by atoms with Gasteiger partial charge in [-0.1, -0.05) is 0 Å². The summed E-state index contributed by atoms with van der Waals surface area (Å²) in [4.78, 5) is 25.5. The molecule has 0 saturated carbocycles. The van der Waals surface area contributed by atoms with Crippen LogP contribution in [-0.2, 0) is 4.74 Å². The van der Waals surface area contributed by atoms with Gasteiger partial charge >= 0.3 is 6.09 Å². The summed E-state index contributed by atoms with van der Waals surface area (Å²) in [6.45, 7) is 0.624. The van der Waals surface area contributed by atoms with Gasteiger partial charge in [0.2, 0.25) is 0 Å². The smallest absolute Gasteiger partial charge is 0.409 e. The number of ether oxygens (including phenoxy) is 1. The van der Waals surface area contributed by atoms with E-state index in [0.717, 1.165) is 0 Å². The van der Waals surface area contributed by atoms with E-state index in [0.29, 0.717) is 25.1 Å². The predicted molar refractivity (Wildman–Crippen MR) is 110 cm³/mol. The Labute approximate surface area is 178 Å². The molecule has 31 heavy (non-hydrogen) atoms. The normalized spacial score (nSPS) is 18.0. The summed E-state index contributed by atoms with van der Waals surface area (Å²) >= 11 is 0. The number of piperidine rings is 1. The second-order valence-corrected chi connectivity index (χ2v) is 6.97. The molecule has 1 saturated heterocycles. The highest BCUT2D eigenvalue weighted by atomic mass is 19.1. The number of nitrogens with one attached hydrogen (secondary N) is 1. The number of nitrogens with zero attached hydrogens (tertiary/aromatic N) is 4. The number of benzene rings is 1. The summed E-state index contributed by atoms with van der Waals surface area (Å²) in [5.41, 5.74) is 6.14. The fourth-order valence-electron chi connectivity index (χ4n) is 3.34. The lowest BCUT2D eigenvalue weighted by molar-refractivity contribution is 0.0794. The molecule has 0 unspecified atom stereocenters. The van der Waals surface area contributed by atoms with Crippen molar-refractivity contribution in [1.29, 1.82) is 5.26 Å². The summed E-state index contributed by atoms with van der Waals surface area (Å²) in [5, 5.41) is 17.0. The van der Waals surface area contributed by atoms with Gasteiger partial charge in [0.15, 0.2) is 5.82 Å². The van der Waals surface area contributed by atoms with Gasteiger partial charge in [0.25, 0.3) is 5.91 Å². The molecule has 10 heteroatoms. The van der Waals surface area contributed by atoms with Gasteiger partial charge in [-0.3, -0.25) is 9.48 Å². The van der Waals surface area contributed by atoms with Crippen LogP contribution in [0.3, 0.4) is 0 Å². The molecule has 0 radical (unpaired) electrons. The molecule has 0 bridgehead atoms. The van der Waals surface area contributed by atoms with Crippen molar-refractivity contribution in [2.45, 2.75) is 18.9 Å². The van der Waals surface area contributed by atoms with Crippen molar-refractivity contribution in [3.05, 3.63) is 41.8 Å². The van der Waals surface area contributed by atoms with Crippen LogP contribution in [0, 0.1) is 35.4 Å². The van der Waals surface area contributed by atoms with Crippen LogP contribution < -0.4 is 11.1 Å². The van der Waals surface area contributed by atoms with Gasteiger partial charge in [-0.05, 0) is 30.7 Å². The number of carbonyl (C=O) groups excluding carboxylic acids is 2. The quantitative estimate of drug-likeness (QED) is 0.542. The Hall–Kier alpha value is -4.05. The zero-order valence-electron chi connectivity index (χ0n) is 16.6. The predicted octanol–water partition coefficient (Wildman–Crippen LogP) is 2.41. The number of hydrogen-bond donors (Lipinski definition) is 2. The first kappa shape index (κ1) is 21.7. The van der Waals surface area contributed by atoms with Crippen molar-refractivity contribution in [3.63, 3.8) is 0 Å². The molecule has 1 aromatic heterocycles. The summed E-state index contributed by atoms with van der Waals surface area (Å²) in [6.07, 6.45) is 6.85. The number of terminal acetylenes is 1. The Balaban J connectivity index is 1.76. The zero-order valence-corrected chi connectivity index (χ0v) is 16.6. The van der Waals surface area contributed by atoms with Crippen LogP contribution in [0.25, 0.3) is 0 Å². The first-order chi connectivity index (χ1) is 14.9. The maximum Gasteiger partial charge on any atom is 0.409 e. The number of rotatable bonds is 6. The molecule has 2 atom stereocenters. The number of amides is 2. The van der Waals surface area contributed by atoms with Crippen molar-refractivity contribution < 1.29 is 18.7 Å². The molecule has 2 aromatic rings. The second-order valence-electron chi connectivity index (χ2n) is 6.97. The summed E-state index contributed by atoms with van der Waals surface area (Å²) in [6, 6.07) is 7.37. The van der Waals surface area contributed by atoms with E-state index >= 15 is 0 Å². The average Bonchev–Trinajstić information content (AvgIpc) is 3.19. The molecular formula is C21H21FN6O3. The van der Waals surface area contributed by atoms with E-state index in [2.05, 4.69) is 22.4 Å². The molecule has 0 aliphatic carbocycles. The van der Waals surface area contributed by atoms with Gasteiger partial charge in [-0.25, -0.2) is 9.18 Å². The highest BCUT2D eigenvalue weighted by Crippen LogP contribution is 2.30. The first-order valence-corrected chi connectivity index (χ1v) is 9.59. The maximum atomic E-state index is 13.1. The van der Waals surface area contributed by atoms with Gasteiger partial charge in [0.1, 0.15) is 18.0 Å². The average molecular weight is 424 g/mol. The molecule has 9 nitrogen and oxygen atoms in total. The lowest BCUT2D eigenvalue weighted by Gasteiger charge is -2.34. The van der Waals surface area contributed by atoms with E-state index in [1.807, 2.05) is 0 Å². The van der Waals surface area contributed by atoms with Crippen LogP contribution in [0.15, 0.2) is 30.5 Å². The number of likely N-dealkylation sites (tertiary alicyclic amines) is 1. The SMILES string of the molecule is C#CCCOC(=O)N1CC[C@@H](n2cc(C(N)=O)c(Nc3ccc(F)cc3)n2)[C@@H](C#N)C1. The van der Waals surface area contributed by atoms with Gasteiger partial charge in [-0.2, -0.15) is 10.4 Å². The molecule has 2 amide bonds. The van der Waals surface area contributed by atoms with Gasteiger partial charge in [0, 0.05) is 31.4 Å². The third kappa shape index (κ3) is 5.11. The minimum atomic E-state index is -0.695. The molecule has 1 aliphatic heterocycles. The molecule has 1 aliphatic rings. The van der Waals surface area contributed by atoms with Crippen LogP contribution in [0.2, 0.25) is 0 Å². The molecule has 0 spiro atoms. The van der Waals surface area contributed by atoms with Crippen molar-refractivity contribution in [3.8, 4) is 18.4 Å². The van der Waals surface area contributed by atoms with E-state index in [9.17, 15) is 19.2 Å². The second kappa shape index (κ2) is 9.63. The molecule has 1 aromatic carbocycles. The van der Waals surface area contributed by atoms with Crippen molar-refractivity contribution in [2.24, 2.45) is 11.7 Å². The Bertz CT molecular complexity index is 1040. The topological polar surface area (TPSA) is 126 Å². The standard InChI is InChI=1S/C21H21FN6O3/c1-2-3-10-31-21(30)27-9-8-18(14(11-23)12-27)28-13-17(19(24)29)20(26-28)25-16-6-4-15(22)5-7-16/h1,4-7,13-14,18H,3,8-10,12H2,(H2,24,29)(H,25,26)/t14-,18+/m0/s1. The van der Waals surface area contributed by atoms with E-state index in [1.54, 1.807) is 0 Å². The van der Waals surface area contributed by atoms with Crippen LogP contribution in [0.4, 0.5) is 20.7 Å². The highest BCUT2D eigenvalue weighted by molar-refractivity contribution is 5.98. The third-order valence-electron chi connectivity index (χ3n) is 4.92. The number of halogens is 1. The van der Waals surface area contributed by atoms with Crippen molar-refractivity contribution in [2.75, 3.05) is 25.0 Å². The lowest BCUT2D eigenvalue weighted by Crippen LogP contribution is -2.44. The number of hydrogen-bond acceptors (Lipinski definition) is 6. The van der Waals surface area contributed by atoms with E-state index in [-0.39, 0.29) is 30.6 Å². The maximum absolute atomic E-state index is 13.1. The fraction of sp³-hybridized carbons (Fsp3) is 0.333. The van der Waals surface area contributed by atoms with Crippen LogP contribution >= 0.6 is 0 Å². The van der Waals surface area contributed by atoms with Crippen LogP contribution in [0.1, 0.15) is 29.2 Å². The monoisotopic (exact) mass is 424 g/mol. The summed E-state index contributed by atoms with van der Waals surface area (Å²) in [5.74, 6) is 0.923. The van der Waals surface area contributed by atoms with Gasteiger partial charge in [-0.15, -0.1) is 12.3 Å². The van der Waals surface area contributed by atoms with Crippen LogP contribution in [0.5, 0.6) is 0 Å². The number of primary amides is 1. The molecule has 1 fully saturated rings. The van der Waals surface area contributed by atoms with Crippen molar-refractivity contribution >= 4 is 23.5 Å². The molecule has 2 heterocycles. The van der Waals surface area contributed by atoms with E-state index < -0.39 is 23.7 Å². The van der Waals surface area contributed by atoms with E-state index in [1.165, 1.54) is 40.0 Å². The number of aromatic nitrogens is 2. The Morgan fingerprint density at radius 3 is 2.77 bits per heavy atom. The minimum absolute atomic E-state index is 0.117. The molecule has 3 rings (SSSR count). The van der Waals surface area contributed by atoms with Gasteiger partial charge in [0.05, 0.1) is 18.0 Å². The number of nitriles is 1. The Morgan fingerprint density at radius 1 is 1.39 bits per heavy atom. The number of anilines is 2. The highest BCUT2D eigenvalue weighted by Gasteiger charge is 2.34. The summed E-state index contributed by atoms with van der Waals surface area (Å²) < 4.78 is 19.8. The first-order valence-electron chi connectivity index (χ1n) is 9.59. The fourth-order valence-corrected chi connectivity index (χ4v) is 3.34. The number of carbonyl (C=O) groups is 2. The Morgan fingerprint density at radius 2 is 2.13 bits per heavy atom. The van der Waals surface area contributed by atoms with Gasteiger partial charge < -0.3 is 20.7 Å². The van der Waals surface area contributed by atoms with Crippen molar-refractivity contribution in [1.82, 2.24) is 14.7 Å². The molecular weight excluding hydrogens is 403 g/mol. The minimum Gasteiger partial charge on any atom is -0.448 e. The third-order valence-corrected chi connectivity index (χ3v) is 4.92. The lowest BCUT2D eigenvalue weighted by atomic mass is 9.94. The Kier molecular flexibility index (Phi) is 6.73. The largest absolute Gasteiger partial charge is 0.448 e. The zero-order chi connectivity index (χ0) is 22.4. The molecule has 160 valence electrons. The van der Waals surface area contributed by atoms with E-state index in [4.69, 9.17) is 16.9 Å².